The van der Waals surface area contributed by atoms with Crippen molar-refractivity contribution in [2.45, 2.75) is 20.5 Å². The second kappa shape index (κ2) is 5.44. The molecule has 0 radical (unpaired) electrons. The number of anilines is 1. The molecule has 2 N–H and O–H groups in total. The monoisotopic (exact) mass is 305 g/mol. The Bertz CT molecular complexity index is 566. The molecule has 2 aromatic rings. The minimum absolute atomic E-state index is 0.547. The van der Waals surface area contributed by atoms with Crippen LogP contribution in [0.1, 0.15) is 16.7 Å². The topological polar surface area (TPSA) is 35.2 Å². The van der Waals surface area contributed by atoms with Gasteiger partial charge in [-0.15, -0.1) is 0 Å². The Labute approximate surface area is 116 Å². The van der Waals surface area contributed by atoms with E-state index < -0.39 is 0 Å². The van der Waals surface area contributed by atoms with E-state index in [4.69, 9.17) is 10.5 Å². The molecule has 0 aliphatic carbocycles. The molecule has 0 amide bonds. The van der Waals surface area contributed by atoms with Gasteiger partial charge >= 0.3 is 0 Å². The molecule has 0 aliphatic heterocycles. The zero-order valence-electron chi connectivity index (χ0n) is 10.5. The molecule has 2 rings (SSSR count). The summed E-state index contributed by atoms with van der Waals surface area (Å²) in [6, 6.07) is 12.0. The maximum Gasteiger partial charge on any atom is 0.123 e. The van der Waals surface area contributed by atoms with E-state index in [2.05, 4.69) is 15.9 Å². The van der Waals surface area contributed by atoms with Gasteiger partial charge in [0.05, 0.1) is 0 Å². The van der Waals surface area contributed by atoms with Crippen molar-refractivity contribution in [3.8, 4) is 5.75 Å². The molecule has 0 fully saturated rings. The first-order valence-electron chi connectivity index (χ1n) is 5.81. The van der Waals surface area contributed by atoms with Crippen LogP contribution in [-0.2, 0) is 6.61 Å². The maximum absolute atomic E-state index is 5.86. The van der Waals surface area contributed by atoms with E-state index in [1.54, 1.807) is 0 Å². The fraction of sp³-hybridized carbons (Fsp3) is 0.200. The van der Waals surface area contributed by atoms with Crippen molar-refractivity contribution >= 4 is 21.6 Å². The Hall–Kier alpha value is -1.48. The zero-order chi connectivity index (χ0) is 13.1. The van der Waals surface area contributed by atoms with Crippen molar-refractivity contribution in [3.63, 3.8) is 0 Å². The number of nitrogens with two attached hydrogens (primary N) is 1. The first-order valence-corrected chi connectivity index (χ1v) is 6.60. The Morgan fingerprint density at radius 2 is 1.83 bits per heavy atom. The van der Waals surface area contributed by atoms with Crippen LogP contribution < -0.4 is 10.5 Å². The summed E-state index contributed by atoms with van der Waals surface area (Å²) in [5, 5.41) is 0. The number of hydrogen-bond donors (Lipinski definition) is 1. The highest BCUT2D eigenvalue weighted by molar-refractivity contribution is 9.10. The highest BCUT2D eigenvalue weighted by Crippen LogP contribution is 2.26. The van der Waals surface area contributed by atoms with Crippen LogP contribution >= 0.6 is 15.9 Å². The molecular weight excluding hydrogens is 290 g/mol. The van der Waals surface area contributed by atoms with E-state index in [0.29, 0.717) is 6.61 Å². The predicted molar refractivity (Wildman–Crippen MR) is 78.8 cm³/mol. The molecule has 0 atom stereocenters. The third kappa shape index (κ3) is 2.85. The molecule has 0 aliphatic rings. The lowest BCUT2D eigenvalue weighted by Gasteiger charge is -2.12. The molecule has 18 heavy (non-hydrogen) atoms. The fourth-order valence-electron chi connectivity index (χ4n) is 1.74. The average Bonchev–Trinajstić information content (AvgIpc) is 2.34. The number of nitrogen functional groups attached to an aromatic ring is 1. The number of aryl methyl sites for hydroxylation is 2. The van der Waals surface area contributed by atoms with Gasteiger partial charge in [0.1, 0.15) is 12.4 Å². The summed E-state index contributed by atoms with van der Waals surface area (Å²) >= 11 is 3.51. The van der Waals surface area contributed by atoms with Gasteiger partial charge < -0.3 is 10.5 Å². The lowest BCUT2D eigenvalue weighted by molar-refractivity contribution is 0.303. The highest BCUT2D eigenvalue weighted by Gasteiger charge is 2.05. The first-order chi connectivity index (χ1) is 8.58. The van der Waals surface area contributed by atoms with E-state index in [9.17, 15) is 0 Å². The largest absolute Gasteiger partial charge is 0.489 e. The van der Waals surface area contributed by atoms with Gasteiger partial charge in [0, 0.05) is 15.7 Å². The molecule has 94 valence electrons. The lowest BCUT2D eigenvalue weighted by Crippen LogP contribution is -1.99. The molecule has 0 spiro atoms. The summed E-state index contributed by atoms with van der Waals surface area (Å²) in [6.45, 7) is 4.54. The predicted octanol–water partition coefficient (Wildman–Crippen LogP) is 4.23. The van der Waals surface area contributed by atoms with Gasteiger partial charge in [-0.05, 0) is 43.2 Å². The number of ether oxygens (including phenoxy) is 1. The van der Waals surface area contributed by atoms with E-state index in [1.165, 1.54) is 0 Å². The maximum atomic E-state index is 5.86. The van der Waals surface area contributed by atoms with Crippen LogP contribution in [0.2, 0.25) is 0 Å². The fourth-order valence-corrected chi connectivity index (χ4v) is 2.14. The Morgan fingerprint density at radius 3 is 2.56 bits per heavy atom. The van der Waals surface area contributed by atoms with E-state index in [-0.39, 0.29) is 0 Å². The molecule has 0 saturated carbocycles. The van der Waals surface area contributed by atoms with Crippen LogP contribution in [-0.4, -0.2) is 0 Å². The Morgan fingerprint density at radius 1 is 1.11 bits per heavy atom. The SMILES string of the molecule is Cc1cc(OCc2ccccc2Br)c(C)cc1N. The third-order valence-corrected chi connectivity index (χ3v) is 3.68. The van der Waals surface area contributed by atoms with Crippen LogP contribution in [0.25, 0.3) is 0 Å². The molecule has 0 heterocycles. The van der Waals surface area contributed by atoms with E-state index in [1.807, 2.05) is 50.2 Å². The Balaban J connectivity index is 2.16. The molecule has 2 nitrogen and oxygen atoms in total. The summed E-state index contributed by atoms with van der Waals surface area (Å²) in [4.78, 5) is 0. The van der Waals surface area contributed by atoms with Gasteiger partial charge in [0.15, 0.2) is 0 Å². The highest BCUT2D eigenvalue weighted by atomic mass is 79.9. The van der Waals surface area contributed by atoms with E-state index in [0.717, 1.165) is 32.6 Å². The Kier molecular flexibility index (Phi) is 3.92. The summed E-state index contributed by atoms with van der Waals surface area (Å²) in [7, 11) is 0. The van der Waals surface area contributed by atoms with Gasteiger partial charge in [-0.2, -0.15) is 0 Å². The van der Waals surface area contributed by atoms with Gasteiger partial charge in [-0.1, -0.05) is 34.1 Å². The number of halogens is 1. The van der Waals surface area contributed by atoms with Crippen molar-refractivity contribution in [1.29, 1.82) is 0 Å². The van der Waals surface area contributed by atoms with Crippen LogP contribution in [0.4, 0.5) is 5.69 Å². The lowest BCUT2D eigenvalue weighted by atomic mass is 10.1. The van der Waals surface area contributed by atoms with Crippen LogP contribution in [0.15, 0.2) is 40.9 Å². The molecule has 3 heteroatoms. The van der Waals surface area contributed by atoms with Crippen LogP contribution in [0.3, 0.4) is 0 Å². The van der Waals surface area contributed by atoms with Crippen LogP contribution in [0.5, 0.6) is 5.75 Å². The summed E-state index contributed by atoms with van der Waals surface area (Å²) < 4.78 is 6.92. The molecule has 2 aromatic carbocycles. The van der Waals surface area contributed by atoms with Crippen LogP contribution in [0, 0.1) is 13.8 Å². The number of rotatable bonds is 3. The standard InChI is InChI=1S/C15H16BrNO/c1-10-8-15(11(2)7-14(10)17)18-9-12-5-3-4-6-13(12)16/h3-8H,9,17H2,1-2H3. The quantitative estimate of drug-likeness (QED) is 0.861. The van der Waals surface area contributed by atoms with E-state index >= 15 is 0 Å². The number of benzene rings is 2. The van der Waals surface area contributed by atoms with Crippen molar-refractivity contribution in [3.05, 3.63) is 57.6 Å². The normalized spacial score (nSPS) is 10.4. The summed E-state index contributed by atoms with van der Waals surface area (Å²) in [6.07, 6.45) is 0. The van der Waals surface area contributed by atoms with Gasteiger partial charge in [0.2, 0.25) is 0 Å². The zero-order valence-corrected chi connectivity index (χ0v) is 12.1. The summed E-state index contributed by atoms with van der Waals surface area (Å²) in [5.41, 5.74) is 9.90. The van der Waals surface area contributed by atoms with Crippen molar-refractivity contribution in [2.24, 2.45) is 0 Å². The second-order valence-electron chi connectivity index (χ2n) is 4.35. The van der Waals surface area contributed by atoms with Gasteiger partial charge in [0.25, 0.3) is 0 Å². The summed E-state index contributed by atoms with van der Waals surface area (Å²) in [5.74, 6) is 0.887. The first kappa shape index (κ1) is 13.0. The molecule has 0 saturated heterocycles. The second-order valence-corrected chi connectivity index (χ2v) is 5.21. The molecule has 0 aromatic heterocycles. The minimum Gasteiger partial charge on any atom is -0.489 e. The average molecular weight is 306 g/mol. The third-order valence-electron chi connectivity index (χ3n) is 2.90. The van der Waals surface area contributed by atoms with Crippen molar-refractivity contribution in [2.75, 3.05) is 5.73 Å². The van der Waals surface area contributed by atoms with Gasteiger partial charge in [-0.3, -0.25) is 0 Å². The number of hydrogen-bond acceptors (Lipinski definition) is 2. The van der Waals surface area contributed by atoms with Crippen molar-refractivity contribution in [1.82, 2.24) is 0 Å². The molecular formula is C15H16BrNO. The molecule has 0 unspecified atom stereocenters. The van der Waals surface area contributed by atoms with Gasteiger partial charge in [-0.25, -0.2) is 0 Å². The smallest absolute Gasteiger partial charge is 0.123 e. The molecule has 0 bridgehead atoms. The van der Waals surface area contributed by atoms with Crippen molar-refractivity contribution < 1.29 is 4.74 Å². The minimum atomic E-state index is 0.547.